The monoisotopic (exact) mass is 263 g/mol. The zero-order valence-electron chi connectivity index (χ0n) is 10.6. The molecule has 1 aromatic carbocycles. The Morgan fingerprint density at radius 3 is 2.58 bits per heavy atom. The summed E-state index contributed by atoms with van der Waals surface area (Å²) >= 11 is 0. The average Bonchev–Trinajstić information content (AvgIpc) is 2.84. The highest BCUT2D eigenvalue weighted by Crippen LogP contribution is 2.30. The number of carbonyl (C=O) groups excluding carboxylic acids is 1. The summed E-state index contributed by atoms with van der Waals surface area (Å²) in [6, 6.07) is 4.28. The second kappa shape index (κ2) is 5.73. The molecule has 0 radical (unpaired) electrons. The van der Waals surface area contributed by atoms with Gasteiger partial charge in [0.2, 0.25) is 5.91 Å². The molecule has 0 atom stereocenters. The van der Waals surface area contributed by atoms with Gasteiger partial charge < -0.3 is 15.5 Å². The molecule has 5 nitrogen and oxygen atoms in total. The quantitative estimate of drug-likeness (QED) is 0.729. The van der Waals surface area contributed by atoms with Crippen LogP contribution in [0.25, 0.3) is 0 Å². The van der Waals surface area contributed by atoms with Crippen LogP contribution in [0, 0.1) is 5.92 Å². The van der Waals surface area contributed by atoms with Gasteiger partial charge in [0.05, 0.1) is 5.69 Å². The SMILES string of the molecule is O=C(CC1CCCC1)Nc1cccc(C(=O)O)c1O. The molecular formula is C14H17NO4. The normalized spacial score (nSPS) is 15.4. The second-order valence-corrected chi connectivity index (χ2v) is 4.91. The Balaban J connectivity index is 2.04. The van der Waals surface area contributed by atoms with Crippen LogP contribution in [0.5, 0.6) is 5.75 Å². The molecule has 1 aliphatic carbocycles. The molecule has 0 heterocycles. The number of amides is 1. The highest BCUT2D eigenvalue weighted by Gasteiger charge is 2.20. The summed E-state index contributed by atoms with van der Waals surface area (Å²) < 4.78 is 0. The first-order valence-electron chi connectivity index (χ1n) is 6.43. The van der Waals surface area contributed by atoms with E-state index in [4.69, 9.17) is 5.11 Å². The number of hydrogen-bond acceptors (Lipinski definition) is 3. The summed E-state index contributed by atoms with van der Waals surface area (Å²) in [6.45, 7) is 0. The molecule has 0 spiro atoms. The maximum atomic E-state index is 11.8. The van der Waals surface area contributed by atoms with Gasteiger partial charge in [-0.3, -0.25) is 4.79 Å². The second-order valence-electron chi connectivity index (χ2n) is 4.91. The van der Waals surface area contributed by atoms with Crippen LogP contribution in [-0.4, -0.2) is 22.1 Å². The van der Waals surface area contributed by atoms with E-state index in [1.54, 1.807) is 0 Å². The molecular weight excluding hydrogens is 246 g/mol. The van der Waals surface area contributed by atoms with Gasteiger partial charge in [-0.2, -0.15) is 0 Å². The van der Waals surface area contributed by atoms with Gasteiger partial charge in [-0.05, 0) is 30.9 Å². The van der Waals surface area contributed by atoms with Crippen molar-refractivity contribution in [3.05, 3.63) is 23.8 Å². The van der Waals surface area contributed by atoms with Crippen molar-refractivity contribution in [2.75, 3.05) is 5.32 Å². The molecule has 1 fully saturated rings. The maximum Gasteiger partial charge on any atom is 0.339 e. The molecule has 2 rings (SSSR count). The van der Waals surface area contributed by atoms with Gasteiger partial charge in [0.15, 0.2) is 5.75 Å². The third-order valence-corrected chi connectivity index (χ3v) is 3.49. The number of benzene rings is 1. The lowest BCUT2D eigenvalue weighted by atomic mass is 10.0. The Labute approximate surface area is 111 Å². The molecule has 0 aromatic heterocycles. The highest BCUT2D eigenvalue weighted by molar-refractivity contribution is 5.97. The molecule has 1 aliphatic rings. The van der Waals surface area contributed by atoms with Gasteiger partial charge in [0.25, 0.3) is 0 Å². The van der Waals surface area contributed by atoms with E-state index in [0.717, 1.165) is 25.7 Å². The summed E-state index contributed by atoms with van der Waals surface area (Å²) in [5.74, 6) is -1.38. The Morgan fingerprint density at radius 1 is 1.26 bits per heavy atom. The molecule has 0 bridgehead atoms. The molecule has 19 heavy (non-hydrogen) atoms. The summed E-state index contributed by atoms with van der Waals surface area (Å²) in [4.78, 5) is 22.7. The van der Waals surface area contributed by atoms with E-state index in [9.17, 15) is 14.7 Å². The van der Waals surface area contributed by atoms with Crippen LogP contribution in [0.4, 0.5) is 5.69 Å². The van der Waals surface area contributed by atoms with Crippen LogP contribution in [-0.2, 0) is 4.79 Å². The first-order valence-corrected chi connectivity index (χ1v) is 6.43. The molecule has 0 unspecified atom stereocenters. The summed E-state index contributed by atoms with van der Waals surface area (Å²) in [6.07, 6.45) is 4.88. The third kappa shape index (κ3) is 3.24. The summed E-state index contributed by atoms with van der Waals surface area (Å²) in [7, 11) is 0. The molecule has 3 N–H and O–H groups in total. The first kappa shape index (κ1) is 13.4. The van der Waals surface area contributed by atoms with Crippen molar-refractivity contribution >= 4 is 17.6 Å². The molecule has 0 saturated heterocycles. The van der Waals surface area contributed by atoms with Gasteiger partial charge in [0, 0.05) is 6.42 Å². The number of para-hydroxylation sites is 1. The Hall–Kier alpha value is -2.04. The molecule has 5 heteroatoms. The van der Waals surface area contributed by atoms with Crippen molar-refractivity contribution in [3.8, 4) is 5.75 Å². The Kier molecular flexibility index (Phi) is 4.04. The standard InChI is InChI=1S/C14H17NO4/c16-12(8-9-4-1-2-5-9)15-11-7-3-6-10(13(11)17)14(18)19/h3,6-7,9,17H,1-2,4-5,8H2,(H,15,16)(H,18,19). The fourth-order valence-electron chi connectivity index (χ4n) is 2.49. The Bertz CT molecular complexity index is 492. The van der Waals surface area contributed by atoms with E-state index in [-0.39, 0.29) is 17.2 Å². The van der Waals surface area contributed by atoms with Crippen molar-refractivity contribution in [2.24, 2.45) is 5.92 Å². The predicted molar refractivity (Wildman–Crippen MR) is 70.3 cm³/mol. The van der Waals surface area contributed by atoms with Crippen LogP contribution in [0.3, 0.4) is 0 Å². The largest absolute Gasteiger partial charge is 0.505 e. The van der Waals surface area contributed by atoms with Crippen LogP contribution in [0.2, 0.25) is 0 Å². The number of carbonyl (C=O) groups is 2. The number of phenols is 1. The van der Waals surface area contributed by atoms with Crippen molar-refractivity contribution in [1.29, 1.82) is 0 Å². The first-order chi connectivity index (χ1) is 9.08. The molecule has 102 valence electrons. The fourth-order valence-corrected chi connectivity index (χ4v) is 2.49. The van der Waals surface area contributed by atoms with Crippen LogP contribution < -0.4 is 5.32 Å². The lowest BCUT2D eigenvalue weighted by Gasteiger charge is -2.11. The van der Waals surface area contributed by atoms with Gasteiger partial charge in [0.1, 0.15) is 5.56 Å². The smallest absolute Gasteiger partial charge is 0.339 e. The number of nitrogens with one attached hydrogen (secondary N) is 1. The minimum absolute atomic E-state index is 0.155. The topological polar surface area (TPSA) is 86.6 Å². The number of carboxylic acid groups (broad SMARTS) is 1. The van der Waals surface area contributed by atoms with Crippen molar-refractivity contribution < 1.29 is 19.8 Å². The molecule has 1 amide bonds. The van der Waals surface area contributed by atoms with Crippen LogP contribution >= 0.6 is 0 Å². The molecule has 0 aliphatic heterocycles. The van der Waals surface area contributed by atoms with E-state index < -0.39 is 11.7 Å². The minimum Gasteiger partial charge on any atom is -0.505 e. The van der Waals surface area contributed by atoms with Crippen molar-refractivity contribution in [2.45, 2.75) is 32.1 Å². The van der Waals surface area contributed by atoms with E-state index >= 15 is 0 Å². The predicted octanol–water partition coefficient (Wildman–Crippen LogP) is 2.61. The third-order valence-electron chi connectivity index (χ3n) is 3.49. The molecule has 1 aromatic rings. The number of rotatable bonds is 4. The van der Waals surface area contributed by atoms with E-state index in [1.165, 1.54) is 18.2 Å². The average molecular weight is 263 g/mol. The minimum atomic E-state index is -1.22. The van der Waals surface area contributed by atoms with E-state index in [0.29, 0.717) is 12.3 Å². The lowest BCUT2D eigenvalue weighted by Crippen LogP contribution is -2.15. The fraction of sp³-hybridized carbons (Fsp3) is 0.429. The van der Waals surface area contributed by atoms with Gasteiger partial charge in [-0.25, -0.2) is 4.79 Å². The zero-order chi connectivity index (χ0) is 13.8. The highest BCUT2D eigenvalue weighted by atomic mass is 16.4. The van der Waals surface area contributed by atoms with E-state index in [2.05, 4.69) is 5.32 Å². The molecule has 1 saturated carbocycles. The lowest BCUT2D eigenvalue weighted by molar-refractivity contribution is -0.117. The van der Waals surface area contributed by atoms with Crippen molar-refractivity contribution in [1.82, 2.24) is 0 Å². The zero-order valence-corrected chi connectivity index (χ0v) is 10.6. The maximum absolute atomic E-state index is 11.8. The van der Waals surface area contributed by atoms with E-state index in [1.807, 2.05) is 0 Å². The number of hydrogen-bond donors (Lipinski definition) is 3. The van der Waals surface area contributed by atoms with Gasteiger partial charge >= 0.3 is 5.97 Å². The van der Waals surface area contributed by atoms with Crippen molar-refractivity contribution in [3.63, 3.8) is 0 Å². The van der Waals surface area contributed by atoms with Gasteiger partial charge in [-0.15, -0.1) is 0 Å². The number of aromatic carboxylic acids is 1. The van der Waals surface area contributed by atoms with Crippen LogP contribution in [0.1, 0.15) is 42.5 Å². The number of aromatic hydroxyl groups is 1. The number of anilines is 1. The number of carboxylic acids is 1. The summed E-state index contributed by atoms with van der Waals surface area (Å²) in [5.41, 5.74) is -0.0541. The van der Waals surface area contributed by atoms with Gasteiger partial charge in [-0.1, -0.05) is 18.9 Å². The summed E-state index contributed by atoms with van der Waals surface area (Å²) in [5, 5.41) is 21.2. The Morgan fingerprint density at radius 2 is 1.95 bits per heavy atom. The van der Waals surface area contributed by atoms with Crippen LogP contribution in [0.15, 0.2) is 18.2 Å².